The maximum Gasteiger partial charge on any atom is 0.151 e. The highest BCUT2D eigenvalue weighted by atomic mass is 32.2. The van der Waals surface area contributed by atoms with Gasteiger partial charge in [0.15, 0.2) is 9.84 Å². The lowest BCUT2D eigenvalue weighted by atomic mass is 9.98. The Morgan fingerprint density at radius 1 is 1.12 bits per heavy atom. The van der Waals surface area contributed by atoms with Gasteiger partial charge in [0.2, 0.25) is 0 Å². The second-order valence-corrected chi connectivity index (χ2v) is 7.84. The van der Waals surface area contributed by atoms with Crippen molar-refractivity contribution < 1.29 is 8.42 Å². The van der Waals surface area contributed by atoms with E-state index in [0.717, 1.165) is 12.8 Å². The van der Waals surface area contributed by atoms with Gasteiger partial charge in [0.25, 0.3) is 0 Å². The van der Waals surface area contributed by atoms with E-state index < -0.39 is 9.84 Å². The first-order valence-electron chi connectivity index (χ1n) is 6.05. The Morgan fingerprint density at radius 2 is 1.56 bits per heavy atom. The van der Waals surface area contributed by atoms with Crippen molar-refractivity contribution in [2.75, 3.05) is 12.8 Å². The van der Waals surface area contributed by atoms with Crippen LogP contribution in [0, 0.1) is 5.92 Å². The molecule has 98 valence electrons. The summed E-state index contributed by atoms with van der Waals surface area (Å²) < 4.78 is 23.5. The minimum Gasteiger partial charge on any atom is -0.311 e. The SMILES string of the molecule is CCC(CC)C(CNC(C)(C)C)S(C)(=O)=O. The normalized spacial score (nSPS) is 15.4. The average Bonchev–Trinajstić information content (AvgIpc) is 2.08. The lowest BCUT2D eigenvalue weighted by Gasteiger charge is -2.28. The van der Waals surface area contributed by atoms with E-state index in [1.807, 2.05) is 0 Å². The van der Waals surface area contributed by atoms with E-state index in [1.54, 1.807) is 0 Å². The van der Waals surface area contributed by atoms with Crippen molar-refractivity contribution >= 4 is 9.84 Å². The summed E-state index contributed by atoms with van der Waals surface area (Å²) in [5.41, 5.74) is -0.0328. The topological polar surface area (TPSA) is 46.2 Å². The fourth-order valence-corrected chi connectivity index (χ4v) is 3.36. The number of nitrogens with one attached hydrogen (secondary N) is 1. The number of sulfone groups is 1. The molecule has 1 unspecified atom stereocenters. The Hall–Kier alpha value is -0.0900. The van der Waals surface area contributed by atoms with Crippen LogP contribution >= 0.6 is 0 Å². The van der Waals surface area contributed by atoms with Crippen LogP contribution < -0.4 is 5.32 Å². The second-order valence-electron chi connectivity index (χ2n) is 5.58. The number of hydrogen-bond acceptors (Lipinski definition) is 3. The van der Waals surface area contributed by atoms with Gasteiger partial charge in [-0.3, -0.25) is 0 Å². The predicted octanol–water partition coefficient (Wildman–Crippen LogP) is 2.22. The van der Waals surface area contributed by atoms with E-state index in [4.69, 9.17) is 0 Å². The van der Waals surface area contributed by atoms with E-state index in [9.17, 15) is 8.42 Å². The molecule has 0 amide bonds. The number of rotatable bonds is 6. The molecule has 16 heavy (non-hydrogen) atoms. The summed E-state index contributed by atoms with van der Waals surface area (Å²) in [6, 6.07) is 0. The van der Waals surface area contributed by atoms with Gasteiger partial charge in [0.1, 0.15) is 0 Å². The Kier molecular flexibility index (Phi) is 5.98. The average molecular weight is 249 g/mol. The zero-order chi connectivity index (χ0) is 13.0. The molecule has 3 nitrogen and oxygen atoms in total. The molecule has 0 rings (SSSR count). The van der Waals surface area contributed by atoms with Crippen molar-refractivity contribution in [1.29, 1.82) is 0 Å². The molecule has 0 saturated carbocycles. The van der Waals surface area contributed by atoms with Crippen LogP contribution in [0.15, 0.2) is 0 Å². The molecule has 0 aromatic heterocycles. The molecule has 0 aromatic carbocycles. The van der Waals surface area contributed by atoms with Gasteiger partial charge in [-0.1, -0.05) is 26.7 Å². The van der Waals surface area contributed by atoms with E-state index in [1.165, 1.54) is 6.26 Å². The van der Waals surface area contributed by atoms with Crippen LogP contribution in [-0.4, -0.2) is 32.0 Å². The minimum atomic E-state index is -2.97. The van der Waals surface area contributed by atoms with E-state index in [-0.39, 0.29) is 16.7 Å². The third kappa shape index (κ3) is 5.85. The van der Waals surface area contributed by atoms with Gasteiger partial charge in [0, 0.05) is 18.3 Å². The molecule has 0 radical (unpaired) electrons. The first-order chi connectivity index (χ1) is 7.11. The molecular formula is C12H27NO2S. The molecule has 0 aliphatic rings. The predicted molar refractivity (Wildman–Crippen MR) is 70.5 cm³/mol. The van der Waals surface area contributed by atoms with Crippen molar-refractivity contribution in [3.8, 4) is 0 Å². The summed E-state index contributed by atoms with van der Waals surface area (Å²) in [7, 11) is -2.97. The van der Waals surface area contributed by atoms with E-state index >= 15 is 0 Å². The Labute approximate surface area is 101 Å². The molecule has 4 heteroatoms. The molecule has 0 bridgehead atoms. The smallest absolute Gasteiger partial charge is 0.151 e. The fourth-order valence-electron chi connectivity index (χ4n) is 1.89. The molecule has 0 aromatic rings. The van der Waals surface area contributed by atoms with E-state index in [2.05, 4.69) is 39.9 Å². The lowest BCUT2D eigenvalue weighted by Crippen LogP contribution is -2.45. The molecule has 1 atom stereocenters. The molecular weight excluding hydrogens is 222 g/mol. The standard InChI is InChI=1S/C12H27NO2S/c1-7-10(8-2)11(16(6,14)15)9-13-12(3,4)5/h10-11,13H,7-9H2,1-6H3. The van der Waals surface area contributed by atoms with Crippen LogP contribution in [0.3, 0.4) is 0 Å². The first-order valence-corrected chi connectivity index (χ1v) is 8.01. The van der Waals surface area contributed by atoms with Crippen molar-refractivity contribution in [3.63, 3.8) is 0 Å². The van der Waals surface area contributed by atoms with Gasteiger partial charge in [-0.25, -0.2) is 8.42 Å². The van der Waals surface area contributed by atoms with Gasteiger partial charge in [-0.05, 0) is 26.7 Å². The molecule has 0 saturated heterocycles. The monoisotopic (exact) mass is 249 g/mol. The summed E-state index contributed by atoms with van der Waals surface area (Å²) in [4.78, 5) is 0. The summed E-state index contributed by atoms with van der Waals surface area (Å²) in [6.45, 7) is 10.8. The Morgan fingerprint density at radius 3 is 1.81 bits per heavy atom. The van der Waals surface area contributed by atoms with Gasteiger partial charge in [-0.15, -0.1) is 0 Å². The van der Waals surface area contributed by atoms with E-state index in [0.29, 0.717) is 6.54 Å². The zero-order valence-electron chi connectivity index (χ0n) is 11.5. The summed E-state index contributed by atoms with van der Waals surface area (Å²) in [5, 5.41) is 3.04. The first kappa shape index (κ1) is 15.9. The molecule has 0 aliphatic heterocycles. The summed E-state index contributed by atoms with van der Waals surface area (Å²) in [6.07, 6.45) is 3.18. The van der Waals surface area contributed by atoms with Crippen molar-refractivity contribution in [2.45, 2.75) is 58.2 Å². The lowest BCUT2D eigenvalue weighted by molar-refractivity contribution is 0.373. The Bertz CT molecular complexity index is 287. The maximum atomic E-state index is 11.8. The second kappa shape index (κ2) is 6.01. The van der Waals surface area contributed by atoms with Crippen LogP contribution in [0.5, 0.6) is 0 Å². The molecule has 1 N–H and O–H groups in total. The van der Waals surface area contributed by atoms with Gasteiger partial charge >= 0.3 is 0 Å². The van der Waals surface area contributed by atoms with Crippen LogP contribution in [0.4, 0.5) is 0 Å². The van der Waals surface area contributed by atoms with Crippen LogP contribution in [0.2, 0.25) is 0 Å². The third-order valence-corrected chi connectivity index (χ3v) is 4.61. The van der Waals surface area contributed by atoms with Crippen molar-refractivity contribution in [3.05, 3.63) is 0 Å². The van der Waals surface area contributed by atoms with Crippen molar-refractivity contribution in [2.24, 2.45) is 5.92 Å². The van der Waals surface area contributed by atoms with Crippen LogP contribution in [-0.2, 0) is 9.84 Å². The molecule has 0 fully saturated rings. The van der Waals surface area contributed by atoms with Crippen molar-refractivity contribution in [1.82, 2.24) is 5.32 Å². The number of hydrogen-bond donors (Lipinski definition) is 1. The largest absolute Gasteiger partial charge is 0.311 e. The fraction of sp³-hybridized carbons (Fsp3) is 1.00. The summed E-state index contributed by atoms with van der Waals surface area (Å²) >= 11 is 0. The molecule has 0 heterocycles. The van der Waals surface area contributed by atoms with Gasteiger partial charge < -0.3 is 5.32 Å². The third-order valence-electron chi connectivity index (χ3n) is 2.96. The molecule has 0 aliphatic carbocycles. The van der Waals surface area contributed by atoms with Gasteiger partial charge in [-0.2, -0.15) is 0 Å². The summed E-state index contributed by atoms with van der Waals surface area (Å²) in [5.74, 6) is 0.254. The maximum absolute atomic E-state index is 11.8. The van der Waals surface area contributed by atoms with Crippen LogP contribution in [0.1, 0.15) is 47.5 Å². The molecule has 0 spiro atoms. The highest BCUT2D eigenvalue weighted by Crippen LogP contribution is 2.19. The zero-order valence-corrected chi connectivity index (χ0v) is 12.3. The highest BCUT2D eigenvalue weighted by molar-refractivity contribution is 7.91. The highest BCUT2D eigenvalue weighted by Gasteiger charge is 2.28. The quantitative estimate of drug-likeness (QED) is 0.785. The Balaban J connectivity index is 4.71. The van der Waals surface area contributed by atoms with Gasteiger partial charge in [0.05, 0.1) is 5.25 Å². The minimum absolute atomic E-state index is 0.0328. The van der Waals surface area contributed by atoms with Crippen LogP contribution in [0.25, 0.3) is 0 Å².